The highest BCUT2D eigenvalue weighted by molar-refractivity contribution is 5.95. The number of carbonyl (C=O) groups excluding carboxylic acids is 2. The Hall–Kier alpha value is -2.66. The summed E-state index contributed by atoms with van der Waals surface area (Å²) in [5.41, 5.74) is 3.64. The van der Waals surface area contributed by atoms with Crippen molar-refractivity contribution in [1.82, 2.24) is 5.32 Å². The number of benzene rings is 1. The van der Waals surface area contributed by atoms with Crippen molar-refractivity contribution in [3.8, 4) is 0 Å². The molecule has 0 aromatic heterocycles. The van der Waals surface area contributed by atoms with Gasteiger partial charge in [-0.1, -0.05) is 78.0 Å². The van der Waals surface area contributed by atoms with E-state index in [-0.39, 0.29) is 52.8 Å². The van der Waals surface area contributed by atoms with E-state index in [9.17, 15) is 9.59 Å². The molecule has 0 radical (unpaired) electrons. The summed E-state index contributed by atoms with van der Waals surface area (Å²) in [6, 6.07) is 8.21. The van der Waals surface area contributed by atoms with E-state index < -0.39 is 0 Å². The molecule has 2 saturated carbocycles. The maximum absolute atomic E-state index is 14.5. The molecule has 2 fully saturated rings. The van der Waals surface area contributed by atoms with Gasteiger partial charge in [-0.05, 0) is 111 Å². The number of nitrogens with one attached hydrogen (secondary N) is 1. The number of fused-ring (bicyclic) bond motifs is 2. The van der Waals surface area contributed by atoms with E-state index >= 15 is 0 Å². The third kappa shape index (κ3) is 8.99. The molecule has 6 atom stereocenters. The maximum atomic E-state index is 14.5. The highest BCUT2D eigenvalue weighted by Gasteiger charge is 2.68. The molecule has 3 aliphatic rings. The van der Waals surface area contributed by atoms with Gasteiger partial charge in [0.05, 0.1) is 18.8 Å². The van der Waals surface area contributed by atoms with Crippen molar-refractivity contribution in [3.63, 3.8) is 0 Å². The molecule has 4 rings (SSSR count). The van der Waals surface area contributed by atoms with Crippen molar-refractivity contribution in [2.75, 3.05) is 13.2 Å². The molecular formula is C40H61NO4. The molecule has 6 unspecified atom stereocenters. The number of ether oxygens (including phenoxy) is 2. The molecule has 1 aromatic carbocycles. The lowest BCUT2D eigenvalue weighted by molar-refractivity contribution is -0.129. The van der Waals surface area contributed by atoms with Gasteiger partial charge in [0, 0.05) is 18.9 Å². The van der Waals surface area contributed by atoms with Crippen molar-refractivity contribution < 1.29 is 19.1 Å². The Morgan fingerprint density at radius 3 is 2.31 bits per heavy atom. The molecule has 0 spiro atoms. The van der Waals surface area contributed by atoms with Crippen LogP contribution in [-0.2, 0) is 31.9 Å². The van der Waals surface area contributed by atoms with Crippen LogP contribution in [0.1, 0.15) is 98.1 Å². The summed E-state index contributed by atoms with van der Waals surface area (Å²) in [6.07, 6.45) is 8.34. The fraction of sp³-hybridized carbons (Fsp3) is 0.650. The molecule has 0 aliphatic heterocycles. The second kappa shape index (κ2) is 16.8. The van der Waals surface area contributed by atoms with Crippen LogP contribution in [0, 0.1) is 40.9 Å². The van der Waals surface area contributed by atoms with Crippen LogP contribution in [0.15, 0.2) is 61.5 Å². The fourth-order valence-electron chi connectivity index (χ4n) is 8.21. The number of allylic oxidation sites excluding steroid dienone is 2. The summed E-state index contributed by atoms with van der Waals surface area (Å²) in [7, 11) is 0. The van der Waals surface area contributed by atoms with Crippen LogP contribution in [0.2, 0.25) is 0 Å². The van der Waals surface area contributed by atoms with Crippen molar-refractivity contribution in [3.05, 3.63) is 72.7 Å². The minimum atomic E-state index is -0.342. The Morgan fingerprint density at radius 1 is 1.09 bits per heavy atom. The number of ketones is 2. The second-order valence-corrected chi connectivity index (χ2v) is 14.1. The average Bonchev–Trinajstić information content (AvgIpc) is 3.35. The van der Waals surface area contributed by atoms with Gasteiger partial charge in [-0.2, -0.15) is 0 Å². The molecule has 0 heterocycles. The number of Topliss-reactive ketones (excluding diaryl/α,β-unsaturated/α-hetero) is 2. The molecule has 1 N–H and O–H groups in total. The molecule has 3 aliphatic carbocycles. The first-order chi connectivity index (χ1) is 21.5. The molecular weight excluding hydrogens is 558 g/mol. The lowest BCUT2D eigenvalue weighted by atomic mass is 9.77. The first-order valence-corrected chi connectivity index (χ1v) is 17.6. The van der Waals surface area contributed by atoms with Gasteiger partial charge >= 0.3 is 0 Å². The van der Waals surface area contributed by atoms with Gasteiger partial charge in [-0.3, -0.25) is 9.59 Å². The molecule has 1 aromatic rings. The summed E-state index contributed by atoms with van der Waals surface area (Å²) in [6.45, 7) is 28.0. The van der Waals surface area contributed by atoms with Crippen LogP contribution in [-0.4, -0.2) is 36.9 Å². The number of carbonyl (C=O) groups is 2. The maximum Gasteiger partial charge on any atom is 0.180 e. The summed E-state index contributed by atoms with van der Waals surface area (Å²) < 4.78 is 12.3. The average molecular weight is 620 g/mol. The smallest absolute Gasteiger partial charge is 0.180 e. The van der Waals surface area contributed by atoms with Crippen molar-refractivity contribution in [2.24, 2.45) is 40.9 Å². The third-order valence-electron chi connectivity index (χ3n) is 10.5. The quantitative estimate of drug-likeness (QED) is 0.0727. The standard InChI is InChI=1S/C38H55NO4.C2H6/c1-9-11-17-34(40)25(5)27(14-10-2)18-19-42-23-32-31(22-33-35(32)38(33,7)8)37(41)36(39-26(6)43-24(3)4)30-20-28-15-12-13-16-29(28)21-30;1-2/h9,12-13,15-16,24,27,30-33,35-36,39H,1,5-6,10-11,14,17-23H2,2-4,7-8H3;1-2H3. The predicted octanol–water partition coefficient (Wildman–Crippen LogP) is 8.67. The number of hydrogen-bond donors (Lipinski definition) is 1. The van der Waals surface area contributed by atoms with Crippen molar-refractivity contribution >= 4 is 11.6 Å². The van der Waals surface area contributed by atoms with Gasteiger partial charge in [0.25, 0.3) is 0 Å². The zero-order valence-corrected chi connectivity index (χ0v) is 29.3. The van der Waals surface area contributed by atoms with Gasteiger partial charge in [0.2, 0.25) is 0 Å². The summed E-state index contributed by atoms with van der Waals surface area (Å²) in [5.74, 6) is 2.42. The molecule has 0 bridgehead atoms. The third-order valence-corrected chi connectivity index (χ3v) is 10.5. The minimum absolute atomic E-state index is 0.0116. The van der Waals surface area contributed by atoms with E-state index in [1.807, 2.05) is 27.7 Å². The molecule has 250 valence electrons. The van der Waals surface area contributed by atoms with Gasteiger partial charge in [-0.25, -0.2) is 0 Å². The van der Waals surface area contributed by atoms with E-state index in [0.717, 1.165) is 44.1 Å². The molecule has 0 saturated heterocycles. The summed E-state index contributed by atoms with van der Waals surface area (Å²) in [4.78, 5) is 27.1. The van der Waals surface area contributed by atoms with Gasteiger partial charge < -0.3 is 14.8 Å². The lowest BCUT2D eigenvalue weighted by Gasteiger charge is -2.32. The highest BCUT2D eigenvalue weighted by atomic mass is 16.5. The van der Waals surface area contributed by atoms with Crippen LogP contribution in [0.5, 0.6) is 0 Å². The van der Waals surface area contributed by atoms with E-state index in [2.05, 4.69) is 70.1 Å². The summed E-state index contributed by atoms with van der Waals surface area (Å²) >= 11 is 0. The van der Waals surface area contributed by atoms with Crippen molar-refractivity contribution in [2.45, 2.75) is 112 Å². The van der Waals surface area contributed by atoms with Gasteiger partial charge in [0.1, 0.15) is 0 Å². The SMILES string of the molecule is C=CCCC(=O)C(=C)C(CCC)CCOCC1C(C(=O)C(NC(=C)OC(C)C)C2Cc3ccccc3C2)CC2C1C2(C)C.CC. The first kappa shape index (κ1) is 36.8. The molecule has 5 heteroatoms. The monoisotopic (exact) mass is 619 g/mol. The van der Waals surface area contributed by atoms with Crippen LogP contribution in [0.4, 0.5) is 0 Å². The lowest BCUT2D eigenvalue weighted by Crippen LogP contribution is -2.48. The summed E-state index contributed by atoms with van der Waals surface area (Å²) in [5, 5.41) is 3.45. The first-order valence-electron chi connectivity index (χ1n) is 17.6. The van der Waals surface area contributed by atoms with Crippen LogP contribution in [0.3, 0.4) is 0 Å². The van der Waals surface area contributed by atoms with Gasteiger partial charge in [0.15, 0.2) is 17.4 Å². The Labute approximate surface area is 274 Å². The van der Waals surface area contributed by atoms with Crippen LogP contribution < -0.4 is 5.32 Å². The molecule has 5 nitrogen and oxygen atoms in total. The number of rotatable bonds is 19. The Bertz CT molecular complexity index is 1160. The van der Waals surface area contributed by atoms with E-state index in [1.165, 1.54) is 11.1 Å². The Morgan fingerprint density at radius 2 is 1.73 bits per heavy atom. The zero-order chi connectivity index (χ0) is 33.3. The fourth-order valence-corrected chi connectivity index (χ4v) is 8.21. The van der Waals surface area contributed by atoms with E-state index in [1.54, 1.807) is 6.08 Å². The van der Waals surface area contributed by atoms with E-state index in [4.69, 9.17) is 9.47 Å². The minimum Gasteiger partial charge on any atom is -0.477 e. The van der Waals surface area contributed by atoms with Crippen LogP contribution in [0.25, 0.3) is 0 Å². The highest BCUT2D eigenvalue weighted by Crippen LogP contribution is 2.70. The molecule has 0 amide bonds. The van der Waals surface area contributed by atoms with Crippen molar-refractivity contribution in [1.29, 1.82) is 0 Å². The predicted molar refractivity (Wildman–Crippen MR) is 186 cm³/mol. The molecule has 45 heavy (non-hydrogen) atoms. The normalized spacial score (nSPS) is 24.0. The topological polar surface area (TPSA) is 64.6 Å². The van der Waals surface area contributed by atoms with Crippen LogP contribution >= 0.6 is 0 Å². The van der Waals surface area contributed by atoms with E-state index in [0.29, 0.717) is 43.8 Å². The second-order valence-electron chi connectivity index (χ2n) is 14.1. The Kier molecular flexibility index (Phi) is 13.7. The number of hydrogen-bond acceptors (Lipinski definition) is 5. The Balaban J connectivity index is 0.00000271. The van der Waals surface area contributed by atoms with Gasteiger partial charge in [-0.15, -0.1) is 6.58 Å². The largest absolute Gasteiger partial charge is 0.477 e. The zero-order valence-electron chi connectivity index (χ0n) is 29.3.